The minimum atomic E-state index is -4.44. The van der Waals surface area contributed by atoms with Gasteiger partial charge in [-0.25, -0.2) is 4.79 Å². The van der Waals surface area contributed by atoms with Gasteiger partial charge in [0.2, 0.25) is 5.82 Å². The number of alkyl halides is 3. The predicted octanol–water partition coefficient (Wildman–Crippen LogP) is 7.41. The Morgan fingerprint density at radius 2 is 1.25 bits per heavy atom. The third kappa shape index (κ3) is 6.08. The second-order valence-corrected chi connectivity index (χ2v) is 18.1. The van der Waals surface area contributed by atoms with Crippen molar-refractivity contribution in [1.29, 1.82) is 0 Å². The summed E-state index contributed by atoms with van der Waals surface area (Å²) in [6.07, 6.45) is -0.954. The summed E-state index contributed by atoms with van der Waals surface area (Å²) < 4.78 is 45.6. The molecule has 272 valence electrons. The van der Waals surface area contributed by atoms with Crippen molar-refractivity contribution in [3.05, 3.63) is 118 Å². The molecule has 53 heavy (non-hydrogen) atoms. The van der Waals surface area contributed by atoms with Gasteiger partial charge in [0.05, 0.1) is 11.1 Å². The summed E-state index contributed by atoms with van der Waals surface area (Å²) in [6.45, 7) is 16.9. The number of fused-ring (bicyclic) bond motifs is 6. The zero-order chi connectivity index (χ0) is 37.7. The average molecular weight is 735 g/mol. The second kappa shape index (κ2) is 13.6. The third-order valence-corrected chi connectivity index (χ3v) is 14.2. The van der Waals surface area contributed by atoms with Crippen LogP contribution in [0.4, 0.5) is 24.5 Å². The molecule has 2 aliphatic heterocycles. The molecule has 2 aliphatic rings. The minimum Gasteiger partial charge on any atom is -0.441 e. The Balaban J connectivity index is 1.31. The lowest BCUT2D eigenvalue weighted by Crippen LogP contribution is -2.63. The molecule has 0 bridgehead atoms. The number of aromatic nitrogens is 4. The van der Waals surface area contributed by atoms with E-state index in [9.17, 15) is 18.0 Å². The molecule has 0 aliphatic carbocycles. The van der Waals surface area contributed by atoms with Crippen molar-refractivity contribution < 1.29 is 22.7 Å². The summed E-state index contributed by atoms with van der Waals surface area (Å²) in [6, 6.07) is 23.5. The predicted molar refractivity (Wildman–Crippen MR) is 205 cm³/mol. The van der Waals surface area contributed by atoms with Gasteiger partial charge in [0.1, 0.15) is 8.07 Å². The van der Waals surface area contributed by atoms with Crippen LogP contribution >= 0.6 is 0 Å². The molecule has 0 atom stereocenters. The average Bonchev–Trinajstić information content (AvgIpc) is 3.45. The molecule has 0 amide bonds. The van der Waals surface area contributed by atoms with Gasteiger partial charge < -0.3 is 14.5 Å². The third-order valence-electron chi connectivity index (χ3n) is 10.6. The van der Waals surface area contributed by atoms with Gasteiger partial charge in [0, 0.05) is 59.8 Å². The Morgan fingerprint density at radius 1 is 0.698 bits per heavy atom. The molecule has 0 unspecified atom stereocenters. The van der Waals surface area contributed by atoms with Crippen molar-refractivity contribution in [2.75, 3.05) is 36.0 Å². The summed E-state index contributed by atoms with van der Waals surface area (Å²) >= 11 is 0. The minimum absolute atomic E-state index is 0.111. The number of hydrogen-bond donors (Lipinski definition) is 0. The monoisotopic (exact) mass is 734 g/mol. The van der Waals surface area contributed by atoms with E-state index in [1.807, 2.05) is 24.3 Å². The number of carbonyl (C=O) groups excluding carboxylic acids is 1. The van der Waals surface area contributed by atoms with Gasteiger partial charge in [0.25, 0.3) is 0 Å². The lowest BCUT2D eigenvalue weighted by Gasteiger charge is -2.44. The van der Waals surface area contributed by atoms with Gasteiger partial charge in [-0.3, -0.25) is 0 Å². The Morgan fingerprint density at radius 3 is 1.75 bits per heavy atom. The molecular formula is C41H41F3N6O2Si. The fourth-order valence-corrected chi connectivity index (χ4v) is 10.9. The molecule has 1 spiro atoms. The van der Waals surface area contributed by atoms with Crippen LogP contribution in [0.15, 0.2) is 78.9 Å². The quantitative estimate of drug-likeness (QED) is 0.114. The molecule has 7 rings (SSSR count). The van der Waals surface area contributed by atoms with Crippen molar-refractivity contribution in [3.63, 3.8) is 0 Å². The van der Waals surface area contributed by atoms with E-state index in [1.54, 1.807) is 6.08 Å². The van der Waals surface area contributed by atoms with Crippen LogP contribution in [0.25, 0.3) is 23.5 Å². The van der Waals surface area contributed by atoms with E-state index in [1.165, 1.54) is 22.5 Å². The summed E-state index contributed by atoms with van der Waals surface area (Å²) in [4.78, 5) is 18.5. The molecule has 0 fully saturated rings. The van der Waals surface area contributed by atoms with Crippen LogP contribution in [0.2, 0.25) is 13.1 Å². The summed E-state index contributed by atoms with van der Waals surface area (Å²) in [5, 5.41) is 19.0. The lowest BCUT2D eigenvalue weighted by molar-refractivity contribution is -0.137. The number of nitrogens with zero attached hydrogens (tertiary/aromatic N) is 6. The molecule has 0 saturated heterocycles. The van der Waals surface area contributed by atoms with Gasteiger partial charge in [-0.15, -0.1) is 20.4 Å². The second-order valence-electron chi connectivity index (χ2n) is 13.8. The molecule has 8 nitrogen and oxygen atoms in total. The van der Waals surface area contributed by atoms with Crippen molar-refractivity contribution >= 4 is 47.9 Å². The van der Waals surface area contributed by atoms with E-state index in [4.69, 9.17) is 4.74 Å². The molecule has 0 N–H and O–H groups in total. The SMILES string of the molecule is CCN(CC)c1ccc2c(c1)[Si](C)(C)c1cc(N(CC)CC)ccc1C21OC(=O)c2ccc(/C=C/c3nnc(-c4ccc(C(F)(F)F)cc4)nn3)cc21. The summed E-state index contributed by atoms with van der Waals surface area (Å²) in [7, 11) is -2.33. The van der Waals surface area contributed by atoms with Crippen LogP contribution in [0.1, 0.15) is 71.7 Å². The van der Waals surface area contributed by atoms with Crippen LogP contribution in [0, 0.1) is 0 Å². The first-order chi connectivity index (χ1) is 25.3. The van der Waals surface area contributed by atoms with Crippen LogP contribution in [-0.2, 0) is 16.5 Å². The molecule has 4 aromatic carbocycles. The van der Waals surface area contributed by atoms with E-state index in [-0.39, 0.29) is 17.6 Å². The van der Waals surface area contributed by atoms with Crippen LogP contribution < -0.4 is 20.2 Å². The number of anilines is 2. The molecule has 12 heteroatoms. The van der Waals surface area contributed by atoms with Crippen molar-refractivity contribution in [1.82, 2.24) is 20.4 Å². The fraction of sp³-hybridized carbons (Fsp3) is 0.293. The topological polar surface area (TPSA) is 84.3 Å². The highest BCUT2D eigenvalue weighted by Gasteiger charge is 2.56. The molecule has 3 heterocycles. The van der Waals surface area contributed by atoms with Gasteiger partial charge in [0.15, 0.2) is 11.4 Å². The van der Waals surface area contributed by atoms with E-state index in [0.717, 1.165) is 71.9 Å². The first kappa shape index (κ1) is 36.0. The van der Waals surface area contributed by atoms with Crippen molar-refractivity contribution in [2.45, 2.75) is 52.6 Å². The number of benzene rings is 4. The molecule has 0 radical (unpaired) electrons. The Hall–Kier alpha value is -5.36. The maximum Gasteiger partial charge on any atom is 0.416 e. The van der Waals surface area contributed by atoms with Gasteiger partial charge in [-0.2, -0.15) is 13.2 Å². The van der Waals surface area contributed by atoms with Crippen LogP contribution in [0.3, 0.4) is 0 Å². The zero-order valence-corrected chi connectivity index (χ0v) is 31.6. The zero-order valence-electron chi connectivity index (χ0n) is 30.6. The lowest BCUT2D eigenvalue weighted by atomic mass is 9.78. The number of halogens is 3. The highest BCUT2D eigenvalue weighted by Crippen LogP contribution is 2.50. The summed E-state index contributed by atoms with van der Waals surface area (Å²) in [5.41, 5.74) is 4.85. The first-order valence-electron chi connectivity index (χ1n) is 18.0. The van der Waals surface area contributed by atoms with E-state index in [2.05, 4.69) is 107 Å². The maximum absolute atomic E-state index is 13.8. The van der Waals surface area contributed by atoms with E-state index < -0.39 is 25.4 Å². The Kier molecular flexibility index (Phi) is 9.21. The number of ether oxygens (including phenoxy) is 1. The normalized spacial score (nSPS) is 15.2. The van der Waals surface area contributed by atoms with E-state index in [0.29, 0.717) is 11.1 Å². The molecule has 1 aromatic heterocycles. The number of carbonyl (C=O) groups is 1. The standard InChI is InChI=1S/C41H41F3N6O2Si/c1-7-49(8-2)29-17-20-32-35(24-29)53(5,6)36-25-30(50(9-3)10-4)18-21-33(36)40(32)34-23-26(11-19-31(34)39(51)52-40)12-22-37-45-47-38(48-46-37)27-13-15-28(16-14-27)41(42,43)44/h11-25H,7-10H2,1-6H3/b22-12+. The number of esters is 1. The van der Waals surface area contributed by atoms with Gasteiger partial charge >= 0.3 is 12.1 Å². The van der Waals surface area contributed by atoms with Crippen LogP contribution in [-0.4, -0.2) is 60.6 Å². The van der Waals surface area contributed by atoms with Crippen molar-refractivity contribution in [2.24, 2.45) is 0 Å². The first-order valence-corrected chi connectivity index (χ1v) is 21.0. The molecule has 5 aromatic rings. The highest BCUT2D eigenvalue weighted by atomic mass is 28.3. The van der Waals surface area contributed by atoms with Crippen LogP contribution in [0.5, 0.6) is 0 Å². The largest absolute Gasteiger partial charge is 0.441 e. The Labute approximate surface area is 308 Å². The van der Waals surface area contributed by atoms with Gasteiger partial charge in [-0.1, -0.05) is 49.5 Å². The number of hydrogen-bond acceptors (Lipinski definition) is 8. The highest BCUT2D eigenvalue weighted by molar-refractivity contribution is 7.01. The number of rotatable bonds is 9. The molecular weight excluding hydrogens is 694 g/mol. The maximum atomic E-state index is 13.8. The smallest absolute Gasteiger partial charge is 0.416 e. The van der Waals surface area contributed by atoms with E-state index >= 15 is 0 Å². The molecule has 0 saturated carbocycles. The van der Waals surface area contributed by atoms with Gasteiger partial charge in [-0.05, 0) is 98.2 Å². The van der Waals surface area contributed by atoms with Crippen molar-refractivity contribution in [3.8, 4) is 11.4 Å². The Bertz CT molecular complexity index is 2150. The summed E-state index contributed by atoms with van der Waals surface area (Å²) in [5.74, 6) is -0.0392. The fourth-order valence-electron chi connectivity index (χ4n) is 7.76.